The fraction of sp³-hybridized carbons (Fsp3) is 0.500. The fourth-order valence-electron chi connectivity index (χ4n) is 1.85. The van der Waals surface area contributed by atoms with Gasteiger partial charge in [-0.05, 0) is 32.8 Å². The maximum absolute atomic E-state index is 12.4. The Morgan fingerprint density at radius 1 is 1.40 bits per heavy atom. The third kappa shape index (κ3) is 3.07. The van der Waals surface area contributed by atoms with Gasteiger partial charge in [-0.15, -0.1) is 0 Å². The van der Waals surface area contributed by atoms with Crippen molar-refractivity contribution in [1.29, 1.82) is 0 Å². The van der Waals surface area contributed by atoms with E-state index in [1.807, 2.05) is 13.8 Å². The monoisotopic (exact) mass is 299 g/mol. The molecule has 0 amide bonds. The molecule has 0 heterocycles. The molecule has 1 aliphatic rings. The highest BCUT2D eigenvalue weighted by Gasteiger charge is 2.42. The van der Waals surface area contributed by atoms with E-state index in [-0.39, 0.29) is 10.6 Å². The molecule has 7 nitrogen and oxygen atoms in total. The Hall–Kier alpha value is -1.67. The number of nitrogens with one attached hydrogen (secondary N) is 2. The molecule has 1 saturated carbocycles. The Kier molecular flexibility index (Phi) is 3.70. The van der Waals surface area contributed by atoms with E-state index in [4.69, 9.17) is 0 Å². The predicted molar refractivity (Wildman–Crippen MR) is 75.2 cm³/mol. The van der Waals surface area contributed by atoms with Crippen LogP contribution >= 0.6 is 0 Å². The number of hydrogen-bond donors (Lipinski definition) is 2. The second-order valence-electron chi connectivity index (χ2n) is 5.13. The highest BCUT2D eigenvalue weighted by molar-refractivity contribution is 7.89. The second kappa shape index (κ2) is 5.02. The van der Waals surface area contributed by atoms with Gasteiger partial charge < -0.3 is 5.32 Å². The van der Waals surface area contributed by atoms with E-state index >= 15 is 0 Å². The summed E-state index contributed by atoms with van der Waals surface area (Å²) in [5.41, 5.74) is -0.296. The first-order valence-corrected chi connectivity index (χ1v) is 7.82. The van der Waals surface area contributed by atoms with E-state index in [0.717, 1.165) is 18.9 Å². The summed E-state index contributed by atoms with van der Waals surface area (Å²) >= 11 is 0. The molecule has 0 spiro atoms. The van der Waals surface area contributed by atoms with Crippen molar-refractivity contribution >= 4 is 21.4 Å². The second-order valence-corrected chi connectivity index (χ2v) is 6.78. The minimum atomic E-state index is -3.78. The number of benzene rings is 1. The van der Waals surface area contributed by atoms with Crippen LogP contribution in [0, 0.1) is 10.1 Å². The predicted octanol–water partition coefficient (Wildman–Crippen LogP) is 1.86. The molecule has 0 atom stereocenters. The summed E-state index contributed by atoms with van der Waals surface area (Å²) in [5.74, 6) is 0. The highest BCUT2D eigenvalue weighted by atomic mass is 32.2. The van der Waals surface area contributed by atoms with Gasteiger partial charge in [-0.1, -0.05) is 0 Å². The van der Waals surface area contributed by atoms with Crippen molar-refractivity contribution in [3.05, 3.63) is 28.3 Å². The average Bonchev–Trinajstić information content (AvgIpc) is 3.06. The van der Waals surface area contributed by atoms with Gasteiger partial charge >= 0.3 is 0 Å². The molecule has 110 valence electrons. The van der Waals surface area contributed by atoms with Crippen LogP contribution in [0.15, 0.2) is 23.1 Å². The first-order valence-electron chi connectivity index (χ1n) is 6.34. The van der Waals surface area contributed by atoms with Crippen LogP contribution in [-0.2, 0) is 10.0 Å². The minimum absolute atomic E-state index is 0.0818. The van der Waals surface area contributed by atoms with Crippen molar-refractivity contribution in [1.82, 2.24) is 4.72 Å². The highest BCUT2D eigenvalue weighted by Crippen LogP contribution is 2.37. The van der Waals surface area contributed by atoms with Gasteiger partial charge in [0, 0.05) is 24.2 Å². The lowest BCUT2D eigenvalue weighted by Gasteiger charge is -2.15. The number of sulfonamides is 1. The molecule has 20 heavy (non-hydrogen) atoms. The molecule has 1 aromatic rings. The zero-order chi connectivity index (χ0) is 15.0. The summed E-state index contributed by atoms with van der Waals surface area (Å²) in [6, 6.07) is 3.80. The zero-order valence-corrected chi connectivity index (χ0v) is 12.2. The lowest BCUT2D eigenvalue weighted by atomic mass is 10.3. The maximum atomic E-state index is 12.4. The fourth-order valence-corrected chi connectivity index (χ4v) is 3.52. The number of nitro benzene ring substituents is 1. The Balaban J connectivity index is 2.45. The van der Waals surface area contributed by atoms with Crippen molar-refractivity contribution in [2.45, 2.75) is 37.1 Å². The van der Waals surface area contributed by atoms with Gasteiger partial charge in [0.15, 0.2) is 0 Å². The molecule has 0 radical (unpaired) electrons. The Labute approximate surface area is 117 Å². The van der Waals surface area contributed by atoms with Gasteiger partial charge in [-0.3, -0.25) is 10.1 Å². The quantitative estimate of drug-likeness (QED) is 0.616. The van der Waals surface area contributed by atoms with Crippen molar-refractivity contribution in [3.63, 3.8) is 0 Å². The van der Waals surface area contributed by atoms with Crippen LogP contribution in [0.5, 0.6) is 0 Å². The molecule has 0 aromatic heterocycles. The molecule has 0 saturated heterocycles. The minimum Gasteiger partial charge on any atom is -0.384 e. The molecule has 1 aromatic carbocycles. The van der Waals surface area contributed by atoms with Gasteiger partial charge in [-0.2, -0.15) is 0 Å². The van der Waals surface area contributed by atoms with Crippen LogP contribution in [-0.4, -0.2) is 25.4 Å². The van der Waals surface area contributed by atoms with Gasteiger partial charge in [0.05, 0.1) is 10.6 Å². The van der Waals surface area contributed by atoms with Gasteiger partial charge in [0.1, 0.15) is 4.90 Å². The van der Waals surface area contributed by atoms with Crippen LogP contribution in [0.25, 0.3) is 0 Å². The van der Waals surface area contributed by atoms with E-state index in [9.17, 15) is 18.5 Å². The van der Waals surface area contributed by atoms with Crippen molar-refractivity contribution in [3.8, 4) is 0 Å². The van der Waals surface area contributed by atoms with E-state index in [1.165, 1.54) is 12.1 Å². The number of non-ortho nitro benzene ring substituents is 1. The van der Waals surface area contributed by atoms with E-state index in [2.05, 4.69) is 10.0 Å². The number of nitro groups is 1. The number of anilines is 1. The topological polar surface area (TPSA) is 101 Å². The molecule has 0 unspecified atom stereocenters. The summed E-state index contributed by atoms with van der Waals surface area (Å²) in [6.45, 7) is 4.17. The van der Waals surface area contributed by atoms with Crippen molar-refractivity contribution in [2.75, 3.05) is 11.9 Å². The number of hydrogen-bond acceptors (Lipinski definition) is 5. The summed E-state index contributed by atoms with van der Waals surface area (Å²) < 4.78 is 27.4. The SMILES string of the molecule is CCNc1ccc([N+](=O)[O-])cc1S(=O)(=O)NC1(C)CC1. The Bertz CT molecular complexity index is 638. The van der Waals surface area contributed by atoms with E-state index < -0.39 is 20.5 Å². The van der Waals surface area contributed by atoms with Gasteiger partial charge in [0.25, 0.3) is 5.69 Å². The lowest BCUT2D eigenvalue weighted by Crippen LogP contribution is -2.34. The average molecular weight is 299 g/mol. The first kappa shape index (κ1) is 14.7. The molecule has 2 N–H and O–H groups in total. The molecule has 0 bridgehead atoms. The summed E-state index contributed by atoms with van der Waals surface area (Å²) in [5, 5.41) is 13.7. The largest absolute Gasteiger partial charge is 0.384 e. The third-order valence-corrected chi connectivity index (χ3v) is 4.89. The lowest BCUT2D eigenvalue weighted by molar-refractivity contribution is -0.385. The van der Waals surface area contributed by atoms with Crippen LogP contribution in [0.2, 0.25) is 0 Å². The molecule has 8 heteroatoms. The van der Waals surface area contributed by atoms with Crippen LogP contribution < -0.4 is 10.0 Å². The summed E-state index contributed by atoms with van der Waals surface area (Å²) in [7, 11) is -3.78. The maximum Gasteiger partial charge on any atom is 0.270 e. The van der Waals surface area contributed by atoms with Crippen molar-refractivity contribution in [2.24, 2.45) is 0 Å². The van der Waals surface area contributed by atoms with Gasteiger partial charge in [-0.25, -0.2) is 13.1 Å². The molecular formula is C12H17N3O4S. The van der Waals surface area contributed by atoms with Crippen LogP contribution in [0.4, 0.5) is 11.4 Å². The molecule has 1 fully saturated rings. The zero-order valence-electron chi connectivity index (χ0n) is 11.3. The smallest absolute Gasteiger partial charge is 0.270 e. The van der Waals surface area contributed by atoms with E-state index in [0.29, 0.717) is 12.2 Å². The number of rotatable bonds is 6. The van der Waals surface area contributed by atoms with Crippen molar-refractivity contribution < 1.29 is 13.3 Å². The van der Waals surface area contributed by atoms with E-state index in [1.54, 1.807) is 0 Å². The molecule has 0 aliphatic heterocycles. The first-order chi connectivity index (χ1) is 9.27. The molecule has 2 rings (SSSR count). The Morgan fingerprint density at radius 2 is 2.05 bits per heavy atom. The van der Waals surface area contributed by atoms with Crippen LogP contribution in [0.3, 0.4) is 0 Å². The standard InChI is InChI=1S/C12H17N3O4S/c1-3-13-10-5-4-9(15(16)17)8-11(10)20(18,19)14-12(2)6-7-12/h4-5,8,13-14H,3,6-7H2,1-2H3. The molecule has 1 aliphatic carbocycles. The normalized spacial score (nSPS) is 16.7. The summed E-state index contributed by atoms with van der Waals surface area (Å²) in [6.07, 6.45) is 1.55. The Morgan fingerprint density at radius 3 is 2.55 bits per heavy atom. The third-order valence-electron chi connectivity index (χ3n) is 3.21. The molecular weight excluding hydrogens is 282 g/mol. The summed E-state index contributed by atoms with van der Waals surface area (Å²) in [4.78, 5) is 10.1. The van der Waals surface area contributed by atoms with Crippen LogP contribution in [0.1, 0.15) is 26.7 Å². The number of nitrogens with zero attached hydrogens (tertiary/aromatic N) is 1. The van der Waals surface area contributed by atoms with Gasteiger partial charge in [0.2, 0.25) is 10.0 Å².